The summed E-state index contributed by atoms with van der Waals surface area (Å²) in [7, 11) is 0. The fourth-order valence-corrected chi connectivity index (χ4v) is 4.38. The maximum atomic E-state index is 5.67. The second-order valence-corrected chi connectivity index (χ2v) is 7.80. The minimum absolute atomic E-state index is 0.539. The van der Waals surface area contributed by atoms with Crippen LogP contribution in [0.2, 0.25) is 0 Å². The van der Waals surface area contributed by atoms with E-state index in [1.54, 1.807) is 12.7 Å². The van der Waals surface area contributed by atoms with Crippen molar-refractivity contribution in [3.63, 3.8) is 0 Å². The van der Waals surface area contributed by atoms with E-state index in [1.807, 2.05) is 6.92 Å². The summed E-state index contributed by atoms with van der Waals surface area (Å²) in [6, 6.07) is 3.32. The first kappa shape index (κ1) is 16.9. The van der Waals surface area contributed by atoms with Gasteiger partial charge in [0.2, 0.25) is 0 Å². The molecule has 0 aromatic carbocycles. The summed E-state index contributed by atoms with van der Waals surface area (Å²) in [5.41, 5.74) is 3.38. The highest BCUT2D eigenvalue weighted by molar-refractivity contribution is 5.50. The van der Waals surface area contributed by atoms with Crippen molar-refractivity contribution in [2.45, 2.75) is 57.7 Å². The third-order valence-electron chi connectivity index (χ3n) is 5.89. The number of aryl methyl sites for hydroxylation is 1. The highest BCUT2D eigenvalue weighted by Gasteiger charge is 2.37. The van der Waals surface area contributed by atoms with Crippen LogP contribution in [0, 0.1) is 6.92 Å². The first-order valence-corrected chi connectivity index (χ1v) is 10.0. The SMILES string of the molecule is Cc1cc(N(C2CC2)C2CCN(c3ncnc4c3COCC4)CC2)ncn1. The van der Waals surface area contributed by atoms with Crippen LogP contribution in [-0.2, 0) is 17.8 Å². The van der Waals surface area contributed by atoms with Gasteiger partial charge in [-0.3, -0.25) is 0 Å². The Hall–Kier alpha value is -2.28. The smallest absolute Gasteiger partial charge is 0.137 e. The number of ether oxygens (including phenoxy) is 1. The molecule has 2 aromatic heterocycles. The number of piperidine rings is 1. The predicted molar refractivity (Wildman–Crippen MR) is 103 cm³/mol. The monoisotopic (exact) mass is 366 g/mol. The maximum Gasteiger partial charge on any atom is 0.137 e. The Morgan fingerprint density at radius 1 is 1.00 bits per heavy atom. The molecule has 2 aromatic rings. The van der Waals surface area contributed by atoms with Crippen molar-refractivity contribution in [3.05, 3.63) is 35.7 Å². The van der Waals surface area contributed by atoms with Crippen LogP contribution in [0.3, 0.4) is 0 Å². The molecule has 7 heteroatoms. The number of hydrogen-bond donors (Lipinski definition) is 0. The van der Waals surface area contributed by atoms with Crippen molar-refractivity contribution in [1.29, 1.82) is 0 Å². The maximum absolute atomic E-state index is 5.67. The lowest BCUT2D eigenvalue weighted by atomic mass is 10.0. The molecule has 2 aliphatic heterocycles. The molecule has 27 heavy (non-hydrogen) atoms. The van der Waals surface area contributed by atoms with Gasteiger partial charge in [-0.25, -0.2) is 19.9 Å². The predicted octanol–water partition coefficient (Wildman–Crippen LogP) is 2.29. The summed E-state index contributed by atoms with van der Waals surface area (Å²) in [6.07, 6.45) is 9.11. The van der Waals surface area contributed by atoms with Crippen molar-refractivity contribution in [3.8, 4) is 0 Å². The van der Waals surface area contributed by atoms with Crippen LogP contribution in [0.25, 0.3) is 0 Å². The summed E-state index contributed by atoms with van der Waals surface area (Å²) in [5.74, 6) is 2.17. The Labute approximate surface area is 159 Å². The lowest BCUT2D eigenvalue weighted by Gasteiger charge is -2.40. The van der Waals surface area contributed by atoms with Crippen LogP contribution in [0.4, 0.5) is 11.6 Å². The van der Waals surface area contributed by atoms with Gasteiger partial charge in [-0.2, -0.15) is 0 Å². The first-order valence-electron chi connectivity index (χ1n) is 10.0. The quantitative estimate of drug-likeness (QED) is 0.822. The van der Waals surface area contributed by atoms with Gasteiger partial charge in [0.15, 0.2) is 0 Å². The van der Waals surface area contributed by atoms with Gasteiger partial charge in [-0.15, -0.1) is 0 Å². The molecule has 1 aliphatic carbocycles. The molecule has 0 atom stereocenters. The molecule has 0 radical (unpaired) electrons. The normalized spacial score (nSPS) is 20.4. The van der Waals surface area contributed by atoms with E-state index in [9.17, 15) is 0 Å². The van der Waals surface area contributed by atoms with E-state index in [1.165, 1.54) is 18.4 Å². The molecule has 142 valence electrons. The number of nitrogens with zero attached hydrogens (tertiary/aromatic N) is 6. The molecule has 4 heterocycles. The number of anilines is 2. The van der Waals surface area contributed by atoms with Crippen molar-refractivity contribution in [2.24, 2.45) is 0 Å². The average molecular weight is 366 g/mol. The van der Waals surface area contributed by atoms with Gasteiger partial charge in [0, 0.05) is 48.9 Å². The van der Waals surface area contributed by atoms with Crippen molar-refractivity contribution >= 4 is 11.6 Å². The lowest BCUT2D eigenvalue weighted by Crippen LogP contribution is -2.47. The van der Waals surface area contributed by atoms with E-state index >= 15 is 0 Å². The van der Waals surface area contributed by atoms with Gasteiger partial charge in [0.05, 0.1) is 18.9 Å². The molecule has 0 bridgehead atoms. The molecule has 0 N–H and O–H groups in total. The number of rotatable bonds is 4. The Morgan fingerprint density at radius 3 is 2.56 bits per heavy atom. The largest absolute Gasteiger partial charge is 0.376 e. The summed E-state index contributed by atoms with van der Waals surface area (Å²) in [6.45, 7) is 5.47. The summed E-state index contributed by atoms with van der Waals surface area (Å²) < 4.78 is 5.67. The van der Waals surface area contributed by atoms with E-state index in [4.69, 9.17) is 4.74 Å². The number of aromatic nitrogens is 4. The zero-order valence-electron chi connectivity index (χ0n) is 15.8. The Bertz CT molecular complexity index is 816. The molecule has 2 fully saturated rings. The fraction of sp³-hybridized carbons (Fsp3) is 0.600. The van der Waals surface area contributed by atoms with Gasteiger partial charge in [-0.1, -0.05) is 0 Å². The number of fused-ring (bicyclic) bond motifs is 1. The summed E-state index contributed by atoms with van der Waals surface area (Å²) in [4.78, 5) is 22.9. The van der Waals surface area contributed by atoms with Crippen LogP contribution in [0.15, 0.2) is 18.7 Å². The topological polar surface area (TPSA) is 67.3 Å². The van der Waals surface area contributed by atoms with Crippen LogP contribution in [-0.4, -0.2) is 51.7 Å². The Balaban J connectivity index is 1.33. The highest BCUT2D eigenvalue weighted by Crippen LogP contribution is 2.36. The van der Waals surface area contributed by atoms with Crippen LogP contribution < -0.4 is 9.80 Å². The highest BCUT2D eigenvalue weighted by atomic mass is 16.5. The molecular weight excluding hydrogens is 340 g/mol. The minimum atomic E-state index is 0.539. The van der Waals surface area contributed by atoms with Gasteiger partial charge >= 0.3 is 0 Å². The van der Waals surface area contributed by atoms with Gasteiger partial charge in [0.1, 0.15) is 24.3 Å². The average Bonchev–Trinajstić information content (AvgIpc) is 3.54. The zero-order valence-corrected chi connectivity index (χ0v) is 15.8. The molecule has 1 saturated carbocycles. The third kappa shape index (κ3) is 3.36. The molecule has 0 amide bonds. The van der Waals surface area contributed by atoms with E-state index in [0.29, 0.717) is 18.7 Å². The van der Waals surface area contributed by atoms with Crippen LogP contribution in [0.1, 0.15) is 42.6 Å². The van der Waals surface area contributed by atoms with Crippen molar-refractivity contribution < 1.29 is 4.74 Å². The fourth-order valence-electron chi connectivity index (χ4n) is 4.38. The van der Waals surface area contributed by atoms with Gasteiger partial charge < -0.3 is 14.5 Å². The molecule has 0 spiro atoms. The van der Waals surface area contributed by atoms with E-state index in [0.717, 1.165) is 62.0 Å². The summed E-state index contributed by atoms with van der Waals surface area (Å²) in [5, 5.41) is 0. The van der Waals surface area contributed by atoms with Crippen molar-refractivity contribution in [1.82, 2.24) is 19.9 Å². The standard InChI is InChI=1S/C20H26N6O/c1-14-10-19(23-12-21-14)26(15-2-3-15)16-4-7-25(8-5-16)20-17-11-27-9-6-18(17)22-13-24-20/h10,12-13,15-16H,2-9,11H2,1H3. The third-order valence-corrected chi connectivity index (χ3v) is 5.89. The minimum Gasteiger partial charge on any atom is -0.376 e. The van der Waals surface area contributed by atoms with Crippen molar-refractivity contribution in [2.75, 3.05) is 29.5 Å². The Kier molecular flexibility index (Phi) is 4.39. The zero-order chi connectivity index (χ0) is 18.2. The molecule has 7 nitrogen and oxygen atoms in total. The molecule has 5 rings (SSSR count). The second-order valence-electron chi connectivity index (χ2n) is 7.80. The first-order chi connectivity index (χ1) is 13.3. The molecular formula is C20H26N6O. The van der Waals surface area contributed by atoms with Crippen LogP contribution >= 0.6 is 0 Å². The van der Waals surface area contributed by atoms with Crippen LogP contribution in [0.5, 0.6) is 0 Å². The second kappa shape index (κ2) is 7.03. The molecule has 0 unspecified atom stereocenters. The Morgan fingerprint density at radius 2 is 1.78 bits per heavy atom. The number of hydrogen-bond acceptors (Lipinski definition) is 7. The van der Waals surface area contributed by atoms with E-state index < -0.39 is 0 Å². The van der Waals surface area contributed by atoms with Gasteiger partial charge in [-0.05, 0) is 32.6 Å². The molecule has 3 aliphatic rings. The van der Waals surface area contributed by atoms with Gasteiger partial charge in [0.25, 0.3) is 0 Å². The van der Waals surface area contributed by atoms with E-state index in [-0.39, 0.29) is 0 Å². The molecule has 1 saturated heterocycles. The lowest BCUT2D eigenvalue weighted by molar-refractivity contribution is 0.109. The van der Waals surface area contributed by atoms with E-state index in [2.05, 4.69) is 35.8 Å². The summed E-state index contributed by atoms with van der Waals surface area (Å²) >= 11 is 0.